The minimum atomic E-state index is -1.04. The molecule has 2 fully saturated rings. The first-order valence-corrected chi connectivity index (χ1v) is 26.4. The number of carbonyl (C=O) groups excluding carboxylic acids is 8. The number of aryl methyl sites for hydroxylation is 2. The monoisotopic (exact) mass is 1110 g/mol. The highest BCUT2D eigenvalue weighted by atomic mass is 35.5. The number of fused-ring (bicyclic) bond motifs is 2. The number of nitrogens with one attached hydrogen (secondary N) is 9. The summed E-state index contributed by atoms with van der Waals surface area (Å²) in [4.78, 5) is 116. The first kappa shape index (κ1) is 61.7. The Balaban J connectivity index is 0.00000547. The molecule has 3 aromatic rings. The van der Waals surface area contributed by atoms with Crippen molar-refractivity contribution in [2.75, 3.05) is 27.2 Å². The van der Waals surface area contributed by atoms with Crippen molar-refractivity contribution < 1.29 is 38.4 Å². The first-order chi connectivity index (χ1) is 35.5. The quantitative estimate of drug-likeness (QED) is 0.100. The molecule has 21 nitrogen and oxygen atoms in total. The zero-order valence-corrected chi connectivity index (χ0v) is 47.5. The smallest absolute Gasteiger partial charge is 0.274 e. The number of amides is 8. The first-order valence-electron chi connectivity index (χ1n) is 26.4. The summed E-state index contributed by atoms with van der Waals surface area (Å²) in [5.74, 6) is -4.20. The van der Waals surface area contributed by atoms with Crippen molar-refractivity contribution in [3.63, 3.8) is 0 Å². The van der Waals surface area contributed by atoms with Crippen LogP contribution in [0.25, 0.3) is 0 Å². The summed E-state index contributed by atoms with van der Waals surface area (Å²) < 4.78 is 0. The van der Waals surface area contributed by atoms with Crippen LogP contribution >= 0.6 is 24.8 Å². The molecule has 422 valence electrons. The van der Waals surface area contributed by atoms with Gasteiger partial charge in [-0.2, -0.15) is 5.21 Å². The Labute approximate surface area is 463 Å². The number of H-pyrrole nitrogens is 1. The summed E-state index contributed by atoms with van der Waals surface area (Å²) in [6.07, 6.45) is 4.92. The van der Waals surface area contributed by atoms with Gasteiger partial charge in [-0.1, -0.05) is 90.1 Å². The molecule has 0 saturated carbocycles. The minimum Gasteiger partial charge on any atom is -0.347 e. The van der Waals surface area contributed by atoms with Gasteiger partial charge >= 0.3 is 0 Å². The van der Waals surface area contributed by atoms with Crippen molar-refractivity contribution in [3.05, 3.63) is 82.2 Å². The third-order valence-electron chi connectivity index (χ3n) is 15.2. The lowest BCUT2D eigenvalue weighted by Crippen LogP contribution is -2.59. The van der Waals surface area contributed by atoms with Crippen molar-refractivity contribution in [1.82, 2.24) is 67.7 Å². The second-order valence-electron chi connectivity index (χ2n) is 22.8. The fraction of sp³-hybridized carbons (Fsp3) is 0.593. The van der Waals surface area contributed by atoms with E-state index in [1.54, 1.807) is 27.9 Å². The second-order valence-corrected chi connectivity index (χ2v) is 22.8. The van der Waals surface area contributed by atoms with E-state index >= 15 is 0 Å². The Morgan fingerprint density at radius 3 is 1.29 bits per heavy atom. The molecule has 4 aliphatic rings. The van der Waals surface area contributed by atoms with E-state index in [1.165, 1.54) is 9.80 Å². The van der Waals surface area contributed by atoms with Gasteiger partial charge in [-0.05, 0) is 112 Å². The third kappa shape index (κ3) is 14.3. The van der Waals surface area contributed by atoms with Crippen LogP contribution in [0.15, 0.2) is 48.5 Å². The lowest BCUT2D eigenvalue weighted by Gasteiger charge is -2.36. The van der Waals surface area contributed by atoms with Crippen LogP contribution in [0.4, 0.5) is 0 Å². The van der Waals surface area contributed by atoms with Crippen molar-refractivity contribution in [2.45, 2.75) is 167 Å². The molecule has 0 bridgehead atoms. The van der Waals surface area contributed by atoms with E-state index in [9.17, 15) is 38.4 Å². The molecular formula is C54H79Cl2N13O8. The number of halogens is 2. The number of hydrogen-bond acceptors (Lipinski definition) is 12. The van der Waals surface area contributed by atoms with Crippen LogP contribution in [0.2, 0.25) is 0 Å². The lowest BCUT2D eigenvalue weighted by molar-refractivity contribution is -0.144. The van der Waals surface area contributed by atoms with Crippen molar-refractivity contribution in [1.29, 1.82) is 0 Å². The number of likely N-dealkylation sites (N-methyl/N-ethyl adjacent to an activating group) is 2. The molecule has 9 N–H and O–H groups in total. The molecule has 0 radical (unpaired) electrons. The average molecular weight is 1110 g/mol. The van der Waals surface area contributed by atoms with Gasteiger partial charge in [0.1, 0.15) is 24.2 Å². The summed E-state index contributed by atoms with van der Waals surface area (Å²) in [7, 11) is 3.28. The van der Waals surface area contributed by atoms with Crippen molar-refractivity contribution in [3.8, 4) is 0 Å². The highest BCUT2D eigenvalue weighted by Gasteiger charge is 2.48. The Bertz CT molecular complexity index is 2460. The number of hydrogen-bond donors (Lipinski definition) is 9. The molecule has 2 aliphatic heterocycles. The fourth-order valence-electron chi connectivity index (χ4n) is 10.7. The van der Waals surface area contributed by atoms with Crippen LogP contribution in [0.1, 0.15) is 149 Å². The lowest BCUT2D eigenvalue weighted by atomic mass is 9.85. The number of rotatable bonds is 16. The van der Waals surface area contributed by atoms with E-state index in [2.05, 4.69) is 57.9 Å². The summed E-state index contributed by atoms with van der Waals surface area (Å²) >= 11 is 0. The largest absolute Gasteiger partial charge is 0.347 e. The Kier molecular flexibility index (Phi) is 20.8. The topological polar surface area (TPSA) is 281 Å². The van der Waals surface area contributed by atoms with E-state index in [0.29, 0.717) is 12.8 Å². The van der Waals surface area contributed by atoms with E-state index < -0.39 is 106 Å². The van der Waals surface area contributed by atoms with Gasteiger partial charge in [0.2, 0.25) is 35.4 Å². The van der Waals surface area contributed by atoms with Crippen LogP contribution in [-0.2, 0) is 41.6 Å². The Morgan fingerprint density at radius 1 is 0.571 bits per heavy atom. The fourth-order valence-corrected chi connectivity index (χ4v) is 10.7. The maximum atomic E-state index is 14.7. The second kappa shape index (κ2) is 26.0. The van der Waals surface area contributed by atoms with Crippen LogP contribution in [-0.4, -0.2) is 148 Å². The average Bonchev–Trinajstić information content (AvgIpc) is 4.16. The van der Waals surface area contributed by atoms with Crippen LogP contribution < -0.4 is 42.5 Å². The Morgan fingerprint density at radius 2 is 0.935 bits per heavy atom. The number of likely N-dealkylation sites (tertiary alicyclic amines) is 2. The molecule has 0 spiro atoms. The molecule has 2 aliphatic carbocycles. The molecule has 77 heavy (non-hydrogen) atoms. The van der Waals surface area contributed by atoms with Gasteiger partial charge in [-0.3, -0.25) is 38.4 Å². The molecule has 23 heteroatoms. The van der Waals surface area contributed by atoms with Gasteiger partial charge in [0.15, 0.2) is 11.4 Å². The van der Waals surface area contributed by atoms with Gasteiger partial charge in [0.05, 0.1) is 24.2 Å². The molecule has 7 rings (SSSR count). The van der Waals surface area contributed by atoms with Gasteiger partial charge in [-0.25, -0.2) is 0 Å². The molecular weight excluding hydrogens is 1030 g/mol. The molecule has 3 heterocycles. The van der Waals surface area contributed by atoms with E-state index in [4.69, 9.17) is 0 Å². The summed E-state index contributed by atoms with van der Waals surface area (Å²) in [5.41, 5.74) is 2.02. The van der Waals surface area contributed by atoms with E-state index in [0.717, 1.165) is 47.9 Å². The molecule has 8 amide bonds. The minimum absolute atomic E-state index is 0. The van der Waals surface area contributed by atoms with Gasteiger partial charge in [0, 0.05) is 25.2 Å². The number of benzene rings is 2. The SMILES string of the molecule is CN[C@@H](C)C(=O)N[C@H](C(=O)N1C[C@@H](NC(=O)c2n[nH]nc2C(=O)N[C@H]2C[C@@H](C(=O)NC3CCCc4ccccc43)N(C(=O)[C@@H](NC(=O)[C@H](C)NC)C(C)(C)C)C2)CC1C(=O)N[C@@H]1CCCc2ccccc21)C(C)(C)C.Cl.Cl. The van der Waals surface area contributed by atoms with Crippen LogP contribution in [0.5, 0.6) is 0 Å². The number of carbonyl (C=O) groups is 8. The third-order valence-corrected chi connectivity index (χ3v) is 15.2. The number of aromatic nitrogens is 3. The summed E-state index contributed by atoms with van der Waals surface area (Å²) in [5, 5.41) is 34.2. The highest BCUT2D eigenvalue weighted by Crippen LogP contribution is 2.34. The van der Waals surface area contributed by atoms with Gasteiger partial charge in [0.25, 0.3) is 11.8 Å². The maximum Gasteiger partial charge on any atom is 0.274 e. The predicted molar refractivity (Wildman–Crippen MR) is 294 cm³/mol. The van der Waals surface area contributed by atoms with Crippen molar-refractivity contribution >= 4 is 72.1 Å². The highest BCUT2D eigenvalue weighted by molar-refractivity contribution is 6.05. The number of nitrogens with zero attached hydrogens (tertiary/aromatic N) is 4. The van der Waals surface area contributed by atoms with Crippen LogP contribution in [0.3, 0.4) is 0 Å². The van der Waals surface area contributed by atoms with Crippen molar-refractivity contribution in [2.24, 2.45) is 10.8 Å². The molecule has 2 saturated heterocycles. The normalized spacial score (nSPS) is 22.5. The standard InChI is InChI=1S/C54H77N13O8.2ClH/c1-29(55-9)45(68)61-43(53(3,4)5)51(74)66-27-33(25-39(66)47(70)59-37-23-15-19-31-17-11-13-21-35(31)37)57-49(72)41-42(64-65-63-41)50(73)58-34-26-40(48(71)60-38-24-16-20-32-18-12-14-22-36(32)38)67(28-34)52(75)44(54(6,7)8)62-46(69)30(2)56-10;;/h11-14,17-18,21-22,29-30,33-34,37-40,43-44,55-56H,15-16,19-20,23-28H2,1-10H3,(H,57,72)(H,58,73)(H,59,70)(H,60,71)(H,61,68)(H,62,69)(H,63,64,65);2*1H/t29-,30-,33-,34-,37+,38?,39?,40-,43+,44+;;/m0../s1. The maximum absolute atomic E-state index is 14.7. The molecule has 2 aromatic carbocycles. The predicted octanol–water partition coefficient (Wildman–Crippen LogP) is 2.71. The summed E-state index contributed by atoms with van der Waals surface area (Å²) in [6, 6.07) is 8.29. The van der Waals surface area contributed by atoms with Crippen LogP contribution in [0, 0.1) is 10.8 Å². The molecule has 10 atom stereocenters. The molecule has 1 aromatic heterocycles. The Hall–Kier alpha value is -6.16. The zero-order valence-electron chi connectivity index (χ0n) is 45.8. The number of aromatic amines is 1. The van der Waals surface area contributed by atoms with E-state index in [1.807, 2.05) is 90.1 Å². The van der Waals surface area contributed by atoms with Gasteiger partial charge in [-0.15, -0.1) is 35.0 Å². The van der Waals surface area contributed by atoms with E-state index in [-0.39, 0.29) is 74.2 Å². The summed E-state index contributed by atoms with van der Waals surface area (Å²) in [6.45, 7) is 14.1. The van der Waals surface area contributed by atoms with Gasteiger partial charge < -0.3 is 52.3 Å². The zero-order chi connectivity index (χ0) is 54.5. The molecule has 2 unspecified atom stereocenters.